The van der Waals surface area contributed by atoms with Crippen molar-refractivity contribution in [2.45, 2.75) is 26.4 Å². The second-order valence-corrected chi connectivity index (χ2v) is 2.43. The zero-order chi connectivity index (χ0) is 6.69. The van der Waals surface area contributed by atoms with E-state index in [1.54, 1.807) is 0 Å². The molecular weight excluding hydrogens is 112 g/mol. The Kier molecular flexibility index (Phi) is 1.93. The van der Waals surface area contributed by atoms with Gasteiger partial charge in [-0.15, -0.1) is 0 Å². The van der Waals surface area contributed by atoms with Crippen LogP contribution in [0.15, 0.2) is 24.0 Å². The summed E-state index contributed by atoms with van der Waals surface area (Å²) in [6.45, 7) is 4.08. The Balaban J connectivity index is 2.30. The van der Waals surface area contributed by atoms with Crippen molar-refractivity contribution in [1.29, 1.82) is 0 Å². The molecule has 0 aromatic heterocycles. The molecule has 0 bridgehead atoms. The highest BCUT2D eigenvalue weighted by Gasteiger charge is 2.00. The van der Waals surface area contributed by atoms with E-state index in [2.05, 4.69) is 6.08 Å². The van der Waals surface area contributed by atoms with Crippen LogP contribution in [-0.2, 0) is 4.74 Å². The zero-order valence-electron chi connectivity index (χ0n) is 5.92. The molecule has 1 aliphatic rings. The summed E-state index contributed by atoms with van der Waals surface area (Å²) in [5.74, 6) is 1.09. The first-order chi connectivity index (χ1) is 4.29. The quantitative estimate of drug-likeness (QED) is 0.548. The maximum Gasteiger partial charge on any atom is 0.100 e. The largest absolute Gasteiger partial charge is 0.495 e. The molecule has 50 valence electrons. The molecule has 0 radical (unpaired) electrons. The van der Waals surface area contributed by atoms with Crippen LogP contribution in [0.1, 0.15) is 20.3 Å². The van der Waals surface area contributed by atoms with Gasteiger partial charge in [0.25, 0.3) is 0 Å². The van der Waals surface area contributed by atoms with Crippen LogP contribution in [0.2, 0.25) is 0 Å². The Bertz CT molecular complexity index is 143. The summed E-state index contributed by atoms with van der Waals surface area (Å²) in [4.78, 5) is 0. The fraction of sp³-hybridized carbons (Fsp3) is 0.500. The summed E-state index contributed by atoms with van der Waals surface area (Å²) in [5, 5.41) is 0. The third-order valence-corrected chi connectivity index (χ3v) is 1.12. The van der Waals surface area contributed by atoms with Gasteiger partial charge in [-0.2, -0.15) is 0 Å². The van der Waals surface area contributed by atoms with Gasteiger partial charge in [-0.3, -0.25) is 0 Å². The average Bonchev–Trinajstić information content (AvgIpc) is 2.15. The maximum absolute atomic E-state index is 5.41. The molecule has 1 nitrogen and oxygen atoms in total. The van der Waals surface area contributed by atoms with Crippen molar-refractivity contribution in [3.05, 3.63) is 24.0 Å². The van der Waals surface area contributed by atoms with Gasteiger partial charge in [0.1, 0.15) is 5.76 Å². The summed E-state index contributed by atoms with van der Waals surface area (Å²) in [7, 11) is 0. The SMILES string of the molecule is CC(C)OC1=CC=CC1. The van der Waals surface area contributed by atoms with Gasteiger partial charge in [0, 0.05) is 6.42 Å². The fourth-order valence-electron chi connectivity index (χ4n) is 0.818. The van der Waals surface area contributed by atoms with Crippen LogP contribution in [-0.4, -0.2) is 6.10 Å². The molecule has 0 saturated carbocycles. The van der Waals surface area contributed by atoms with Gasteiger partial charge in [0.2, 0.25) is 0 Å². The molecule has 0 fully saturated rings. The lowest BCUT2D eigenvalue weighted by atomic mass is 10.4. The molecule has 0 unspecified atom stereocenters. The smallest absolute Gasteiger partial charge is 0.100 e. The predicted octanol–water partition coefficient (Wildman–Crippen LogP) is 2.26. The van der Waals surface area contributed by atoms with Crippen molar-refractivity contribution in [2.24, 2.45) is 0 Å². The third-order valence-electron chi connectivity index (χ3n) is 1.12. The molecule has 0 spiro atoms. The highest BCUT2D eigenvalue weighted by atomic mass is 16.5. The standard InChI is InChI=1S/C8H12O/c1-7(2)9-8-5-3-4-6-8/h3-5,7H,6H2,1-2H3. The topological polar surface area (TPSA) is 9.23 Å². The number of rotatable bonds is 2. The maximum atomic E-state index is 5.41. The van der Waals surface area contributed by atoms with Crippen LogP contribution in [0, 0.1) is 0 Å². The molecule has 0 amide bonds. The first-order valence-corrected chi connectivity index (χ1v) is 3.31. The minimum absolute atomic E-state index is 0.316. The lowest BCUT2D eigenvalue weighted by Gasteiger charge is -2.09. The Labute approximate surface area is 56.0 Å². The summed E-state index contributed by atoms with van der Waals surface area (Å²) in [6, 6.07) is 0. The lowest BCUT2D eigenvalue weighted by molar-refractivity contribution is 0.145. The molecule has 0 aliphatic heterocycles. The lowest BCUT2D eigenvalue weighted by Crippen LogP contribution is -2.00. The van der Waals surface area contributed by atoms with Crippen molar-refractivity contribution >= 4 is 0 Å². The van der Waals surface area contributed by atoms with Gasteiger partial charge < -0.3 is 4.74 Å². The molecule has 0 aromatic carbocycles. The Morgan fingerprint density at radius 2 is 2.33 bits per heavy atom. The highest BCUT2D eigenvalue weighted by molar-refractivity contribution is 5.18. The number of hydrogen-bond donors (Lipinski definition) is 0. The van der Waals surface area contributed by atoms with Gasteiger partial charge >= 0.3 is 0 Å². The molecule has 0 aromatic rings. The number of allylic oxidation sites excluding steroid dienone is 3. The normalized spacial score (nSPS) is 16.6. The summed E-state index contributed by atoms with van der Waals surface area (Å²) >= 11 is 0. The van der Waals surface area contributed by atoms with Gasteiger partial charge in [-0.05, 0) is 19.9 Å². The molecule has 1 rings (SSSR count). The van der Waals surface area contributed by atoms with E-state index in [4.69, 9.17) is 4.74 Å². The van der Waals surface area contributed by atoms with E-state index in [9.17, 15) is 0 Å². The van der Waals surface area contributed by atoms with Crippen molar-refractivity contribution in [2.75, 3.05) is 0 Å². The first-order valence-electron chi connectivity index (χ1n) is 3.31. The van der Waals surface area contributed by atoms with Gasteiger partial charge in [-0.1, -0.05) is 12.2 Å². The van der Waals surface area contributed by atoms with Crippen molar-refractivity contribution in [3.8, 4) is 0 Å². The fourth-order valence-corrected chi connectivity index (χ4v) is 0.818. The van der Waals surface area contributed by atoms with Gasteiger partial charge in [-0.25, -0.2) is 0 Å². The summed E-state index contributed by atoms with van der Waals surface area (Å²) in [5.41, 5.74) is 0. The Hall–Kier alpha value is -0.720. The Morgan fingerprint density at radius 1 is 1.56 bits per heavy atom. The molecule has 0 saturated heterocycles. The molecule has 1 heteroatoms. The first kappa shape index (κ1) is 6.40. The van der Waals surface area contributed by atoms with E-state index in [1.807, 2.05) is 26.0 Å². The average molecular weight is 124 g/mol. The van der Waals surface area contributed by atoms with Gasteiger partial charge in [0.15, 0.2) is 0 Å². The van der Waals surface area contributed by atoms with E-state index in [1.165, 1.54) is 0 Å². The zero-order valence-corrected chi connectivity index (χ0v) is 5.92. The molecule has 9 heavy (non-hydrogen) atoms. The third kappa shape index (κ3) is 1.92. The van der Waals surface area contributed by atoms with E-state index in [-0.39, 0.29) is 0 Å². The summed E-state index contributed by atoms with van der Waals surface area (Å²) < 4.78 is 5.41. The van der Waals surface area contributed by atoms with E-state index in [0.717, 1.165) is 12.2 Å². The summed E-state index contributed by atoms with van der Waals surface area (Å²) in [6.07, 6.45) is 7.42. The van der Waals surface area contributed by atoms with Crippen LogP contribution >= 0.6 is 0 Å². The van der Waals surface area contributed by atoms with Crippen molar-refractivity contribution < 1.29 is 4.74 Å². The number of hydrogen-bond acceptors (Lipinski definition) is 1. The molecule has 0 heterocycles. The monoisotopic (exact) mass is 124 g/mol. The van der Waals surface area contributed by atoms with Crippen LogP contribution in [0.5, 0.6) is 0 Å². The predicted molar refractivity (Wildman–Crippen MR) is 38.1 cm³/mol. The highest BCUT2D eigenvalue weighted by Crippen LogP contribution is 2.13. The van der Waals surface area contributed by atoms with E-state index >= 15 is 0 Å². The minimum Gasteiger partial charge on any atom is -0.495 e. The Morgan fingerprint density at radius 3 is 2.78 bits per heavy atom. The van der Waals surface area contributed by atoms with Crippen molar-refractivity contribution in [3.63, 3.8) is 0 Å². The van der Waals surface area contributed by atoms with E-state index < -0.39 is 0 Å². The van der Waals surface area contributed by atoms with Crippen LogP contribution in [0.4, 0.5) is 0 Å². The van der Waals surface area contributed by atoms with Crippen molar-refractivity contribution in [1.82, 2.24) is 0 Å². The molecule has 0 atom stereocenters. The molecular formula is C8H12O. The second kappa shape index (κ2) is 2.72. The molecule has 0 N–H and O–H groups in total. The van der Waals surface area contributed by atoms with Crippen LogP contribution < -0.4 is 0 Å². The number of ether oxygens (including phenoxy) is 1. The molecule has 1 aliphatic carbocycles. The second-order valence-electron chi connectivity index (χ2n) is 2.43. The van der Waals surface area contributed by atoms with Gasteiger partial charge in [0.05, 0.1) is 6.10 Å². The van der Waals surface area contributed by atoms with Crippen LogP contribution in [0.3, 0.4) is 0 Å². The van der Waals surface area contributed by atoms with E-state index in [0.29, 0.717) is 6.10 Å². The van der Waals surface area contributed by atoms with Crippen LogP contribution in [0.25, 0.3) is 0 Å². The minimum atomic E-state index is 0.316.